The van der Waals surface area contributed by atoms with Crippen LogP contribution in [0.2, 0.25) is 5.04 Å². The second-order valence-electron chi connectivity index (χ2n) is 10.5. The first-order chi connectivity index (χ1) is 15.0. The Morgan fingerprint density at radius 3 is 2.03 bits per heavy atom. The van der Waals surface area contributed by atoms with Gasteiger partial charge in [0.1, 0.15) is 0 Å². The molecule has 1 aliphatic heterocycles. The van der Waals surface area contributed by atoms with Crippen molar-refractivity contribution >= 4 is 24.7 Å². The maximum absolute atomic E-state index is 11.8. The molecule has 0 radical (unpaired) electrons. The average molecular weight is 455 g/mol. The molecule has 1 N–H and O–H groups in total. The van der Waals surface area contributed by atoms with E-state index in [1.807, 2.05) is 26.0 Å². The van der Waals surface area contributed by atoms with Gasteiger partial charge in [-0.05, 0) is 29.3 Å². The highest BCUT2D eigenvalue weighted by molar-refractivity contribution is 6.99. The molecule has 0 bridgehead atoms. The van der Waals surface area contributed by atoms with E-state index >= 15 is 0 Å². The lowest BCUT2D eigenvalue weighted by Crippen LogP contribution is -2.68. The van der Waals surface area contributed by atoms with Crippen LogP contribution in [-0.4, -0.2) is 43.5 Å². The third-order valence-electron chi connectivity index (χ3n) is 6.74. The van der Waals surface area contributed by atoms with E-state index in [0.29, 0.717) is 6.42 Å². The molecular formula is C26H34O5Si. The number of hydrogen-bond acceptors (Lipinski definition) is 4. The van der Waals surface area contributed by atoms with Gasteiger partial charge in [-0.2, -0.15) is 0 Å². The Morgan fingerprint density at radius 2 is 1.56 bits per heavy atom. The van der Waals surface area contributed by atoms with Gasteiger partial charge in [0.15, 0.2) is 5.79 Å². The summed E-state index contributed by atoms with van der Waals surface area (Å²) in [5.74, 6) is -1.80. The van der Waals surface area contributed by atoms with Crippen LogP contribution in [-0.2, 0) is 18.7 Å². The third-order valence-corrected chi connectivity index (χ3v) is 11.8. The molecule has 1 aliphatic carbocycles. The zero-order chi connectivity index (χ0) is 23.1. The molecule has 2 aliphatic rings. The second-order valence-corrected chi connectivity index (χ2v) is 14.7. The first-order valence-electron chi connectivity index (χ1n) is 11.4. The first-order valence-corrected chi connectivity index (χ1v) is 13.3. The van der Waals surface area contributed by atoms with E-state index in [2.05, 4.69) is 69.3 Å². The molecule has 1 heterocycles. The number of benzene rings is 2. The van der Waals surface area contributed by atoms with E-state index in [0.717, 1.165) is 0 Å². The van der Waals surface area contributed by atoms with Crippen LogP contribution in [0.4, 0.5) is 0 Å². The van der Waals surface area contributed by atoms with Crippen molar-refractivity contribution < 1.29 is 23.8 Å². The van der Waals surface area contributed by atoms with Gasteiger partial charge in [0.2, 0.25) is 0 Å². The minimum atomic E-state index is -2.79. The Labute approximate surface area is 191 Å². The predicted octanol–water partition coefficient (Wildman–Crippen LogP) is 3.95. The minimum Gasteiger partial charge on any atom is -0.481 e. The second kappa shape index (κ2) is 8.41. The molecule has 0 aromatic heterocycles. The highest BCUT2D eigenvalue weighted by Crippen LogP contribution is 2.47. The first kappa shape index (κ1) is 23.2. The van der Waals surface area contributed by atoms with Crippen molar-refractivity contribution in [2.45, 2.75) is 76.6 Å². The van der Waals surface area contributed by atoms with Crippen molar-refractivity contribution in [3.8, 4) is 0 Å². The third kappa shape index (κ3) is 4.17. The van der Waals surface area contributed by atoms with Crippen molar-refractivity contribution in [1.82, 2.24) is 0 Å². The standard InChI is InChI=1S/C26H34O5Si/c1-25(2,3)32(18-12-8-6-9-13-18,19-14-10-7-11-15-19)31-21-17-22-24(20(21)16-23(27)28)30-26(4,5)29-22/h6-15,20-22,24H,16-17H2,1-5H3,(H,27,28)/t20-,21+,22+,24-/m0/s1. The molecule has 2 aromatic carbocycles. The summed E-state index contributed by atoms with van der Waals surface area (Å²) >= 11 is 0. The SMILES string of the molecule is CC1(C)O[C@H]2[C@@H](CC(=O)O)[C@H](O[Si](c3ccccc3)(c3ccccc3)C(C)(C)C)C[C@H]2O1. The maximum Gasteiger partial charge on any atom is 0.303 e. The molecular weight excluding hydrogens is 420 g/mol. The van der Waals surface area contributed by atoms with Crippen molar-refractivity contribution in [1.29, 1.82) is 0 Å². The number of rotatable bonds is 6. The van der Waals surface area contributed by atoms with Crippen LogP contribution in [0, 0.1) is 5.92 Å². The Morgan fingerprint density at radius 1 is 1.03 bits per heavy atom. The van der Waals surface area contributed by atoms with E-state index in [4.69, 9.17) is 13.9 Å². The van der Waals surface area contributed by atoms with Crippen molar-refractivity contribution in [3.63, 3.8) is 0 Å². The molecule has 172 valence electrons. The Bertz CT molecular complexity index is 898. The topological polar surface area (TPSA) is 65.0 Å². The summed E-state index contributed by atoms with van der Waals surface area (Å²) in [6.07, 6.45) is -0.0506. The quantitative estimate of drug-likeness (QED) is 0.670. The van der Waals surface area contributed by atoms with Crippen LogP contribution in [0.25, 0.3) is 0 Å². The van der Waals surface area contributed by atoms with Crippen LogP contribution in [0.5, 0.6) is 0 Å². The van der Waals surface area contributed by atoms with Gasteiger partial charge < -0.3 is 19.0 Å². The lowest BCUT2D eigenvalue weighted by molar-refractivity contribution is -0.166. The van der Waals surface area contributed by atoms with Crippen molar-refractivity contribution in [2.75, 3.05) is 0 Å². The van der Waals surface area contributed by atoms with Gasteiger partial charge in [-0.15, -0.1) is 0 Å². The average Bonchev–Trinajstić information content (AvgIpc) is 3.18. The predicted molar refractivity (Wildman–Crippen MR) is 127 cm³/mol. The monoisotopic (exact) mass is 454 g/mol. The van der Waals surface area contributed by atoms with Crippen LogP contribution in [0.3, 0.4) is 0 Å². The molecule has 6 heteroatoms. The fraction of sp³-hybridized carbons (Fsp3) is 0.500. The number of aliphatic carboxylic acids is 1. The molecule has 4 atom stereocenters. The summed E-state index contributed by atoms with van der Waals surface area (Å²) in [7, 11) is -2.79. The Hall–Kier alpha value is -1.99. The highest BCUT2D eigenvalue weighted by atomic mass is 28.4. The molecule has 0 spiro atoms. The number of hydrogen-bond donors (Lipinski definition) is 1. The lowest BCUT2D eigenvalue weighted by Gasteiger charge is -2.45. The van der Waals surface area contributed by atoms with Crippen molar-refractivity contribution in [2.24, 2.45) is 5.92 Å². The molecule has 4 rings (SSSR count). The molecule has 5 nitrogen and oxygen atoms in total. The summed E-state index contributed by atoms with van der Waals surface area (Å²) in [6.45, 7) is 10.5. The van der Waals surface area contributed by atoms with Gasteiger partial charge in [0.25, 0.3) is 8.32 Å². The highest BCUT2D eigenvalue weighted by Gasteiger charge is 2.58. The summed E-state index contributed by atoms with van der Waals surface area (Å²) in [6, 6.07) is 20.9. The van der Waals surface area contributed by atoms with Gasteiger partial charge in [-0.1, -0.05) is 81.4 Å². The summed E-state index contributed by atoms with van der Waals surface area (Å²) in [5.41, 5.74) is 0. The van der Waals surface area contributed by atoms with Gasteiger partial charge in [0.05, 0.1) is 24.7 Å². The van der Waals surface area contributed by atoms with Gasteiger partial charge >= 0.3 is 5.97 Å². The number of ether oxygens (including phenoxy) is 2. The fourth-order valence-corrected chi connectivity index (χ4v) is 10.3. The minimum absolute atomic E-state index is 0.00345. The zero-order valence-corrected chi connectivity index (χ0v) is 20.6. The number of carbonyl (C=O) groups is 1. The molecule has 32 heavy (non-hydrogen) atoms. The molecule has 1 saturated carbocycles. The normalized spacial score (nSPS) is 27.3. The van der Waals surface area contributed by atoms with E-state index in [1.165, 1.54) is 10.4 Å². The van der Waals surface area contributed by atoms with E-state index in [1.54, 1.807) is 0 Å². The van der Waals surface area contributed by atoms with Crippen LogP contribution in [0.15, 0.2) is 60.7 Å². The van der Waals surface area contributed by atoms with Crippen LogP contribution >= 0.6 is 0 Å². The maximum atomic E-state index is 11.8. The molecule has 2 fully saturated rings. The zero-order valence-electron chi connectivity index (χ0n) is 19.6. The van der Waals surface area contributed by atoms with Crippen molar-refractivity contribution in [3.05, 3.63) is 60.7 Å². The van der Waals surface area contributed by atoms with E-state index < -0.39 is 20.1 Å². The molecule has 1 saturated heterocycles. The molecule has 0 amide bonds. The summed E-state index contributed by atoms with van der Waals surface area (Å²) in [4.78, 5) is 11.8. The number of carboxylic acid groups (broad SMARTS) is 1. The Kier molecular flexibility index (Phi) is 6.09. The van der Waals surface area contributed by atoms with E-state index in [-0.39, 0.29) is 35.7 Å². The lowest BCUT2D eigenvalue weighted by atomic mass is 9.99. The van der Waals surface area contributed by atoms with Gasteiger partial charge in [0, 0.05) is 12.3 Å². The van der Waals surface area contributed by atoms with Crippen LogP contribution in [0.1, 0.15) is 47.5 Å². The van der Waals surface area contributed by atoms with E-state index in [9.17, 15) is 9.90 Å². The number of fused-ring (bicyclic) bond motifs is 1. The van der Waals surface area contributed by atoms with Gasteiger partial charge in [-0.3, -0.25) is 4.79 Å². The molecule has 0 unspecified atom stereocenters. The largest absolute Gasteiger partial charge is 0.481 e. The number of carboxylic acids is 1. The summed E-state index contributed by atoms with van der Waals surface area (Å²) < 4.78 is 19.6. The summed E-state index contributed by atoms with van der Waals surface area (Å²) in [5, 5.41) is 11.9. The Balaban J connectivity index is 1.80. The van der Waals surface area contributed by atoms with Crippen LogP contribution < -0.4 is 10.4 Å². The van der Waals surface area contributed by atoms with Gasteiger partial charge in [-0.25, -0.2) is 0 Å². The fourth-order valence-electron chi connectivity index (χ4n) is 5.53. The smallest absolute Gasteiger partial charge is 0.303 e. The molecule has 2 aromatic rings.